The Morgan fingerprint density at radius 2 is 2.00 bits per heavy atom. The van der Waals surface area contributed by atoms with E-state index in [-0.39, 0.29) is 41.9 Å². The third-order valence-corrected chi connectivity index (χ3v) is 5.07. The van der Waals surface area contributed by atoms with Crippen molar-refractivity contribution in [2.45, 2.75) is 25.4 Å². The lowest BCUT2D eigenvalue weighted by atomic mass is 9.96. The van der Waals surface area contributed by atoms with Crippen LogP contribution in [0.5, 0.6) is 0 Å². The van der Waals surface area contributed by atoms with E-state index in [0.29, 0.717) is 24.4 Å². The van der Waals surface area contributed by atoms with Gasteiger partial charge in [-0.2, -0.15) is 0 Å². The van der Waals surface area contributed by atoms with E-state index in [1.807, 2.05) is 37.3 Å². The summed E-state index contributed by atoms with van der Waals surface area (Å²) >= 11 is 0. The molecule has 1 fully saturated rings. The number of nitrogens with one attached hydrogen (secondary N) is 3. The summed E-state index contributed by atoms with van der Waals surface area (Å²) in [5, 5.41) is 8.79. The maximum atomic E-state index is 12.7. The number of carbonyl (C=O) groups is 2. The molecule has 1 aromatic carbocycles. The van der Waals surface area contributed by atoms with Gasteiger partial charge < -0.3 is 20.7 Å². The minimum atomic E-state index is -0.317. The van der Waals surface area contributed by atoms with Gasteiger partial charge in [0.05, 0.1) is 12.7 Å². The fraction of sp³-hybridized carbons (Fsp3) is 0.409. The molecule has 2 atom stereocenters. The highest BCUT2D eigenvalue weighted by molar-refractivity contribution is 5.98. The molecule has 2 heterocycles. The zero-order chi connectivity index (χ0) is 20.6. The monoisotopic (exact) mass is 432 g/mol. The van der Waals surface area contributed by atoms with Crippen molar-refractivity contribution in [2.24, 2.45) is 0 Å². The van der Waals surface area contributed by atoms with Crippen molar-refractivity contribution >= 4 is 24.2 Å². The smallest absolute Gasteiger partial charge is 0.269 e. The van der Waals surface area contributed by atoms with Crippen LogP contribution in [0.1, 0.15) is 51.4 Å². The molecule has 1 aliphatic heterocycles. The van der Waals surface area contributed by atoms with Gasteiger partial charge in [-0.15, -0.1) is 12.4 Å². The summed E-state index contributed by atoms with van der Waals surface area (Å²) in [7, 11) is 1.55. The van der Waals surface area contributed by atoms with Crippen molar-refractivity contribution in [3.05, 3.63) is 65.0 Å². The van der Waals surface area contributed by atoms with Gasteiger partial charge in [0.2, 0.25) is 0 Å². The Bertz CT molecular complexity index is 842. The van der Waals surface area contributed by atoms with Crippen molar-refractivity contribution in [3.8, 4) is 0 Å². The molecule has 1 aliphatic rings. The molecule has 0 saturated carbocycles. The first kappa shape index (κ1) is 23.8. The number of carbonyl (C=O) groups excluding carboxylic acids is 2. The van der Waals surface area contributed by atoms with E-state index in [2.05, 4.69) is 20.9 Å². The van der Waals surface area contributed by atoms with E-state index in [1.165, 1.54) is 6.07 Å². The number of hydrogen-bond donors (Lipinski definition) is 3. The van der Waals surface area contributed by atoms with Crippen LogP contribution in [0.25, 0.3) is 0 Å². The van der Waals surface area contributed by atoms with Gasteiger partial charge in [-0.25, -0.2) is 4.98 Å². The Morgan fingerprint density at radius 3 is 2.67 bits per heavy atom. The molecule has 0 radical (unpaired) electrons. The SMILES string of the molecule is CNC(=O)c1cc(C(=O)NCC[C@H]2CNCCO2)cc([C@@H](C)c2ccccc2)n1.Cl. The minimum Gasteiger partial charge on any atom is -0.376 e. The fourth-order valence-corrected chi connectivity index (χ4v) is 3.32. The first-order valence-electron chi connectivity index (χ1n) is 9.98. The summed E-state index contributed by atoms with van der Waals surface area (Å²) in [4.78, 5) is 29.4. The second-order valence-electron chi connectivity index (χ2n) is 7.12. The van der Waals surface area contributed by atoms with Gasteiger partial charge in [-0.3, -0.25) is 9.59 Å². The lowest BCUT2D eigenvalue weighted by Gasteiger charge is -2.23. The zero-order valence-corrected chi connectivity index (χ0v) is 18.1. The summed E-state index contributed by atoms with van der Waals surface area (Å²) in [6, 6.07) is 13.2. The Kier molecular flexibility index (Phi) is 9.23. The minimum absolute atomic E-state index is 0. The number of hydrogen-bond acceptors (Lipinski definition) is 5. The quantitative estimate of drug-likeness (QED) is 0.623. The van der Waals surface area contributed by atoms with Crippen LogP contribution in [0.2, 0.25) is 0 Å². The van der Waals surface area contributed by atoms with E-state index in [4.69, 9.17) is 4.74 Å². The molecule has 2 aromatic rings. The van der Waals surface area contributed by atoms with Crippen molar-refractivity contribution in [3.63, 3.8) is 0 Å². The van der Waals surface area contributed by atoms with Gasteiger partial charge in [-0.05, 0) is 24.1 Å². The second-order valence-corrected chi connectivity index (χ2v) is 7.12. The molecule has 162 valence electrons. The van der Waals surface area contributed by atoms with Crippen LogP contribution in [-0.4, -0.2) is 56.2 Å². The molecule has 3 N–H and O–H groups in total. The van der Waals surface area contributed by atoms with E-state index in [0.717, 1.165) is 25.1 Å². The van der Waals surface area contributed by atoms with Crippen LogP contribution < -0.4 is 16.0 Å². The summed E-state index contributed by atoms with van der Waals surface area (Å²) < 4.78 is 5.65. The number of benzene rings is 1. The Morgan fingerprint density at radius 1 is 1.23 bits per heavy atom. The Hall–Kier alpha value is -2.48. The number of ether oxygens (including phenoxy) is 1. The Labute approximate surface area is 183 Å². The molecular formula is C22H29ClN4O3. The molecule has 8 heteroatoms. The van der Waals surface area contributed by atoms with Gasteiger partial charge in [-0.1, -0.05) is 37.3 Å². The average molecular weight is 433 g/mol. The Balaban J connectivity index is 0.00000320. The van der Waals surface area contributed by atoms with Gasteiger partial charge in [0.25, 0.3) is 11.8 Å². The molecule has 30 heavy (non-hydrogen) atoms. The highest BCUT2D eigenvalue weighted by Gasteiger charge is 2.19. The van der Waals surface area contributed by atoms with Gasteiger partial charge in [0.1, 0.15) is 5.69 Å². The summed E-state index contributed by atoms with van der Waals surface area (Å²) in [5.41, 5.74) is 2.42. The molecule has 3 rings (SSSR count). The van der Waals surface area contributed by atoms with Crippen LogP contribution in [0.3, 0.4) is 0 Å². The predicted octanol–water partition coefficient (Wildman–Crippen LogP) is 2.12. The normalized spacial score (nSPS) is 16.8. The lowest BCUT2D eigenvalue weighted by molar-refractivity contribution is 0.0239. The lowest BCUT2D eigenvalue weighted by Crippen LogP contribution is -2.40. The van der Waals surface area contributed by atoms with Crippen molar-refractivity contribution < 1.29 is 14.3 Å². The molecule has 1 saturated heterocycles. The largest absolute Gasteiger partial charge is 0.376 e. The second kappa shape index (κ2) is 11.6. The van der Waals surface area contributed by atoms with Crippen LogP contribution >= 0.6 is 12.4 Å². The maximum Gasteiger partial charge on any atom is 0.269 e. The number of amides is 2. The topological polar surface area (TPSA) is 92.4 Å². The van der Waals surface area contributed by atoms with Crippen LogP contribution in [0, 0.1) is 0 Å². The highest BCUT2D eigenvalue weighted by Crippen LogP contribution is 2.23. The number of halogens is 1. The van der Waals surface area contributed by atoms with Crippen molar-refractivity contribution in [2.75, 3.05) is 33.3 Å². The van der Waals surface area contributed by atoms with E-state index in [1.54, 1.807) is 13.1 Å². The summed E-state index contributed by atoms with van der Waals surface area (Å²) in [5.74, 6) is -0.584. The summed E-state index contributed by atoms with van der Waals surface area (Å²) in [6.45, 7) is 4.88. The number of nitrogens with zero attached hydrogens (tertiary/aromatic N) is 1. The third-order valence-electron chi connectivity index (χ3n) is 5.07. The molecule has 0 spiro atoms. The molecule has 7 nitrogen and oxygen atoms in total. The van der Waals surface area contributed by atoms with E-state index < -0.39 is 0 Å². The van der Waals surface area contributed by atoms with Gasteiger partial charge in [0.15, 0.2) is 0 Å². The fourth-order valence-electron chi connectivity index (χ4n) is 3.32. The van der Waals surface area contributed by atoms with Crippen LogP contribution in [0.4, 0.5) is 0 Å². The molecule has 2 amide bonds. The maximum absolute atomic E-state index is 12.7. The summed E-state index contributed by atoms with van der Waals surface area (Å²) in [6.07, 6.45) is 0.843. The van der Waals surface area contributed by atoms with Crippen LogP contribution in [-0.2, 0) is 4.74 Å². The molecular weight excluding hydrogens is 404 g/mol. The molecule has 1 aromatic heterocycles. The number of rotatable bonds is 7. The van der Waals surface area contributed by atoms with Gasteiger partial charge >= 0.3 is 0 Å². The number of morpholine rings is 1. The van der Waals surface area contributed by atoms with Gasteiger partial charge in [0, 0.05) is 43.9 Å². The molecule has 0 unspecified atom stereocenters. The van der Waals surface area contributed by atoms with Crippen LogP contribution in [0.15, 0.2) is 42.5 Å². The zero-order valence-electron chi connectivity index (χ0n) is 17.3. The third kappa shape index (κ3) is 6.26. The van der Waals surface area contributed by atoms with Crippen molar-refractivity contribution in [1.82, 2.24) is 20.9 Å². The van der Waals surface area contributed by atoms with E-state index in [9.17, 15) is 9.59 Å². The van der Waals surface area contributed by atoms with Crippen molar-refractivity contribution in [1.29, 1.82) is 0 Å². The standard InChI is InChI=1S/C22H28N4O3.ClH/c1-15(16-6-4-3-5-7-16)19-12-17(13-20(26-19)22(28)23-2)21(27)25-9-8-18-14-24-10-11-29-18;/h3-7,12-13,15,18,24H,8-11,14H2,1-2H3,(H,23,28)(H,25,27);1H/t15-,18-;/m0./s1. The molecule has 0 aliphatic carbocycles. The number of aromatic nitrogens is 1. The predicted molar refractivity (Wildman–Crippen MR) is 118 cm³/mol. The average Bonchev–Trinajstić information content (AvgIpc) is 2.79. The first-order chi connectivity index (χ1) is 14.1. The molecule has 0 bridgehead atoms. The number of pyridine rings is 1. The first-order valence-corrected chi connectivity index (χ1v) is 9.98. The van der Waals surface area contributed by atoms with E-state index >= 15 is 0 Å². The highest BCUT2D eigenvalue weighted by atomic mass is 35.5.